The summed E-state index contributed by atoms with van der Waals surface area (Å²) in [5, 5.41) is 19.3. The Balaban J connectivity index is 1.52. The van der Waals surface area contributed by atoms with Crippen LogP contribution in [-0.4, -0.2) is 18.2 Å². The van der Waals surface area contributed by atoms with Crippen molar-refractivity contribution in [2.75, 3.05) is 12.4 Å². The van der Waals surface area contributed by atoms with Gasteiger partial charge in [-0.1, -0.05) is 91.0 Å². The van der Waals surface area contributed by atoms with E-state index in [1.165, 1.54) is 7.11 Å². The minimum absolute atomic E-state index is 0.369. The van der Waals surface area contributed by atoms with E-state index in [2.05, 4.69) is 35.6 Å². The lowest BCUT2D eigenvalue weighted by Gasteiger charge is -2.19. The molecule has 0 fully saturated rings. The molecule has 36 heavy (non-hydrogen) atoms. The molecule has 1 atom stereocenters. The van der Waals surface area contributed by atoms with Gasteiger partial charge in [-0.15, -0.1) is 0 Å². The Morgan fingerprint density at radius 1 is 0.806 bits per heavy atom. The van der Waals surface area contributed by atoms with Crippen molar-refractivity contribution in [3.63, 3.8) is 0 Å². The number of carbonyl (C=O) groups is 1. The number of fused-ring (bicyclic) bond motifs is 2. The van der Waals surface area contributed by atoms with Crippen molar-refractivity contribution in [3.05, 3.63) is 132 Å². The highest BCUT2D eigenvalue weighted by molar-refractivity contribution is 5.95. The number of nitrogens with one attached hydrogen (secondary N) is 1. The van der Waals surface area contributed by atoms with Gasteiger partial charge in [-0.05, 0) is 51.6 Å². The van der Waals surface area contributed by atoms with Gasteiger partial charge in [-0.3, -0.25) is 0 Å². The molecule has 0 aliphatic carbocycles. The quantitative estimate of drug-likeness (QED) is 0.243. The molecule has 0 radical (unpaired) electrons. The van der Waals surface area contributed by atoms with Gasteiger partial charge in [0.2, 0.25) is 0 Å². The number of esters is 1. The zero-order valence-electron chi connectivity index (χ0n) is 20.0. The molecule has 0 aliphatic rings. The Bertz CT molecular complexity index is 1540. The summed E-state index contributed by atoms with van der Waals surface area (Å²) < 4.78 is 4.81. The molecule has 0 saturated carbocycles. The zero-order chi connectivity index (χ0) is 24.9. The Morgan fingerprint density at radius 2 is 1.42 bits per heavy atom. The highest BCUT2D eigenvalue weighted by Crippen LogP contribution is 2.31. The number of aliphatic hydroxyl groups is 1. The number of aliphatic hydroxyl groups excluding tert-OH is 1. The molecular formula is C32H27NO3. The van der Waals surface area contributed by atoms with Crippen LogP contribution in [0.5, 0.6) is 0 Å². The SMILES string of the molecule is COC(=O)c1ccc(C=C(CC(O)c2cccc3ccccc23)Nc2cccc3ccccc23)cc1. The van der Waals surface area contributed by atoms with E-state index >= 15 is 0 Å². The fourth-order valence-corrected chi connectivity index (χ4v) is 4.55. The number of anilines is 1. The molecule has 1 unspecified atom stereocenters. The average Bonchev–Trinajstić information content (AvgIpc) is 2.93. The summed E-state index contributed by atoms with van der Waals surface area (Å²) >= 11 is 0. The molecule has 0 amide bonds. The van der Waals surface area contributed by atoms with Gasteiger partial charge >= 0.3 is 5.97 Å². The first-order valence-corrected chi connectivity index (χ1v) is 11.9. The van der Waals surface area contributed by atoms with Gasteiger partial charge in [0, 0.05) is 23.2 Å². The summed E-state index contributed by atoms with van der Waals surface area (Å²) in [7, 11) is 1.37. The van der Waals surface area contributed by atoms with E-state index in [-0.39, 0.29) is 5.97 Å². The first-order chi connectivity index (χ1) is 17.6. The van der Waals surface area contributed by atoms with Crippen molar-refractivity contribution in [3.8, 4) is 0 Å². The second kappa shape index (κ2) is 10.5. The minimum Gasteiger partial charge on any atom is -0.465 e. The summed E-state index contributed by atoms with van der Waals surface area (Å²) in [6, 6.07) is 35.7. The Hall–Kier alpha value is -4.41. The highest BCUT2D eigenvalue weighted by Gasteiger charge is 2.15. The van der Waals surface area contributed by atoms with Crippen molar-refractivity contribution >= 4 is 39.3 Å². The molecule has 0 aromatic heterocycles. The first kappa shape index (κ1) is 23.3. The molecule has 0 aliphatic heterocycles. The first-order valence-electron chi connectivity index (χ1n) is 11.9. The summed E-state index contributed by atoms with van der Waals surface area (Å²) in [6.07, 6.45) is 1.69. The van der Waals surface area contributed by atoms with E-state index in [1.807, 2.05) is 72.8 Å². The van der Waals surface area contributed by atoms with Crippen molar-refractivity contribution < 1.29 is 14.6 Å². The third-order valence-corrected chi connectivity index (χ3v) is 6.35. The summed E-state index contributed by atoms with van der Waals surface area (Å²) in [5.41, 5.74) is 4.12. The van der Waals surface area contributed by atoms with Crippen LogP contribution in [0.25, 0.3) is 27.6 Å². The molecule has 4 nitrogen and oxygen atoms in total. The van der Waals surface area contributed by atoms with Crippen LogP contribution in [0.3, 0.4) is 0 Å². The smallest absolute Gasteiger partial charge is 0.337 e. The number of benzene rings is 5. The lowest BCUT2D eigenvalue weighted by Crippen LogP contribution is -2.07. The molecule has 0 spiro atoms. The molecule has 4 heteroatoms. The van der Waals surface area contributed by atoms with Gasteiger partial charge in [0.05, 0.1) is 18.8 Å². The molecule has 0 bridgehead atoms. The van der Waals surface area contributed by atoms with Gasteiger partial charge in [-0.25, -0.2) is 4.79 Å². The lowest BCUT2D eigenvalue weighted by molar-refractivity contribution is 0.0600. The summed E-state index contributed by atoms with van der Waals surface area (Å²) in [5.74, 6) is -0.369. The zero-order valence-corrected chi connectivity index (χ0v) is 20.0. The number of ether oxygens (including phenoxy) is 1. The lowest BCUT2D eigenvalue weighted by atomic mass is 9.97. The van der Waals surface area contributed by atoms with Gasteiger partial charge in [-0.2, -0.15) is 0 Å². The second-order valence-electron chi connectivity index (χ2n) is 8.72. The fraction of sp³-hybridized carbons (Fsp3) is 0.0938. The molecule has 5 aromatic carbocycles. The van der Waals surface area contributed by atoms with E-state index < -0.39 is 6.10 Å². The number of hydrogen-bond donors (Lipinski definition) is 2. The maximum atomic E-state index is 11.8. The van der Waals surface area contributed by atoms with E-state index in [0.29, 0.717) is 12.0 Å². The molecule has 5 rings (SSSR count). The van der Waals surface area contributed by atoms with Crippen LogP contribution in [-0.2, 0) is 4.74 Å². The molecule has 0 heterocycles. The highest BCUT2D eigenvalue weighted by atomic mass is 16.5. The third kappa shape index (κ3) is 4.99. The maximum absolute atomic E-state index is 11.8. The van der Waals surface area contributed by atoms with Crippen molar-refractivity contribution in [1.29, 1.82) is 0 Å². The molecule has 5 aromatic rings. The number of carbonyl (C=O) groups excluding carboxylic acids is 1. The molecule has 178 valence electrons. The van der Waals surface area contributed by atoms with Crippen molar-refractivity contribution in [1.82, 2.24) is 0 Å². The molecular weight excluding hydrogens is 446 g/mol. The van der Waals surface area contributed by atoms with Crippen LogP contribution in [0.1, 0.15) is 34.0 Å². The van der Waals surface area contributed by atoms with Gasteiger partial charge in [0.25, 0.3) is 0 Å². The third-order valence-electron chi connectivity index (χ3n) is 6.35. The maximum Gasteiger partial charge on any atom is 0.337 e. The standard InChI is InChI=1S/C32H27NO3/c1-36-32(35)25-18-16-22(17-19-25)20-26(33-30-15-7-11-24-9-3-5-13-28(24)30)21-31(34)29-14-6-10-23-8-2-4-12-27(23)29/h2-20,31,33-34H,21H2,1H3. The largest absolute Gasteiger partial charge is 0.465 e. The summed E-state index contributed by atoms with van der Waals surface area (Å²) in [4.78, 5) is 11.8. The number of rotatable bonds is 7. The Labute approximate surface area is 210 Å². The normalized spacial score (nSPS) is 12.4. The van der Waals surface area contributed by atoms with Crippen molar-refractivity contribution in [2.24, 2.45) is 0 Å². The predicted molar refractivity (Wildman–Crippen MR) is 147 cm³/mol. The van der Waals surface area contributed by atoms with Crippen LogP contribution in [0.2, 0.25) is 0 Å². The van der Waals surface area contributed by atoms with Gasteiger partial charge in [0.1, 0.15) is 0 Å². The van der Waals surface area contributed by atoms with Crippen LogP contribution >= 0.6 is 0 Å². The van der Waals surface area contributed by atoms with E-state index in [0.717, 1.165) is 44.1 Å². The van der Waals surface area contributed by atoms with Crippen LogP contribution in [0.4, 0.5) is 5.69 Å². The Kier molecular flexibility index (Phi) is 6.78. The predicted octanol–water partition coefficient (Wildman–Crippen LogP) is 7.36. The minimum atomic E-state index is -0.709. The van der Waals surface area contributed by atoms with Gasteiger partial charge < -0.3 is 15.2 Å². The number of hydrogen-bond acceptors (Lipinski definition) is 4. The Morgan fingerprint density at radius 3 is 2.14 bits per heavy atom. The monoisotopic (exact) mass is 473 g/mol. The van der Waals surface area contributed by atoms with E-state index in [4.69, 9.17) is 4.74 Å². The summed E-state index contributed by atoms with van der Waals surface area (Å²) in [6.45, 7) is 0. The van der Waals surface area contributed by atoms with E-state index in [1.54, 1.807) is 12.1 Å². The second-order valence-corrected chi connectivity index (χ2v) is 8.72. The van der Waals surface area contributed by atoms with Crippen LogP contribution in [0, 0.1) is 0 Å². The molecule has 2 N–H and O–H groups in total. The molecule has 0 saturated heterocycles. The van der Waals surface area contributed by atoms with Gasteiger partial charge in [0.15, 0.2) is 0 Å². The van der Waals surface area contributed by atoms with Crippen LogP contribution < -0.4 is 5.32 Å². The average molecular weight is 474 g/mol. The fourth-order valence-electron chi connectivity index (χ4n) is 4.55. The number of methoxy groups -OCH3 is 1. The van der Waals surface area contributed by atoms with E-state index in [9.17, 15) is 9.90 Å². The van der Waals surface area contributed by atoms with Crippen molar-refractivity contribution in [2.45, 2.75) is 12.5 Å². The topological polar surface area (TPSA) is 58.6 Å². The van der Waals surface area contributed by atoms with Crippen LogP contribution in [0.15, 0.2) is 115 Å².